The van der Waals surface area contributed by atoms with Gasteiger partial charge < -0.3 is 50.6 Å². The van der Waals surface area contributed by atoms with Crippen molar-refractivity contribution >= 4 is 132 Å². The van der Waals surface area contributed by atoms with Gasteiger partial charge >= 0.3 is 26.2 Å². The molecule has 0 aliphatic heterocycles. The van der Waals surface area contributed by atoms with Gasteiger partial charge in [-0.25, -0.2) is 0 Å². The monoisotopic (exact) mass is 1240 g/mol. The van der Waals surface area contributed by atoms with E-state index >= 15 is 0 Å². The van der Waals surface area contributed by atoms with Crippen molar-refractivity contribution in [2.45, 2.75) is 244 Å². The van der Waals surface area contributed by atoms with Crippen molar-refractivity contribution in [1.82, 2.24) is 0 Å². The lowest BCUT2D eigenvalue weighted by Gasteiger charge is -2.46. The Hall–Kier alpha value is 2.77. The predicted octanol–water partition coefficient (Wildman–Crippen LogP) is 12.0. The Balaban J connectivity index is -0.0000218. The highest BCUT2D eigenvalue weighted by Gasteiger charge is 2.54. The normalized spacial score (nSPS) is 16.3. The van der Waals surface area contributed by atoms with Crippen LogP contribution in [0.25, 0.3) is 0 Å². The summed E-state index contributed by atoms with van der Waals surface area (Å²) < 4.78 is 81.7. The molecule has 0 bridgehead atoms. The third kappa shape index (κ3) is 35.7. The van der Waals surface area contributed by atoms with Gasteiger partial charge in [-0.1, -0.05) is 41.5 Å². The van der Waals surface area contributed by atoms with E-state index in [1.807, 2.05) is 28.4 Å². The zero-order valence-electron chi connectivity index (χ0n) is 48.5. The summed E-state index contributed by atoms with van der Waals surface area (Å²) in [5, 5.41) is 0. The van der Waals surface area contributed by atoms with Crippen molar-refractivity contribution in [3.63, 3.8) is 0 Å². The van der Waals surface area contributed by atoms with Gasteiger partial charge in [-0.05, 0) is 190 Å². The van der Waals surface area contributed by atoms with Crippen molar-refractivity contribution < 1.29 is 50.6 Å². The highest BCUT2D eigenvalue weighted by molar-refractivity contribution is 6.94. The standard InChI is InChI=1S/C40H112O12Si15.2CH4/c1-25-31-66(47-57(7,8)33-27-53-41-3,48-58(9,10)34-28-54-42-4)51-63(19,20)39-37-61(15,16)45-65(23,24)46-62(17,18)38-40-64(21,22)52-67(32-26-2,49-59(11,12)35-29-55-43-5)50-60(13,14)36-30-56-44-6;;/h25-40,53-56H2,1-24H3;2*1H4. The Morgan fingerprint density at radius 3 is 0.609 bits per heavy atom. The summed E-state index contributed by atoms with van der Waals surface area (Å²) in [5.74, 6) is 0. The van der Waals surface area contributed by atoms with Crippen LogP contribution in [0.5, 0.6) is 0 Å². The minimum atomic E-state index is -3.00. The fourth-order valence-electron chi connectivity index (χ4n) is 9.10. The molecule has 0 heterocycles. The molecule has 27 heteroatoms. The third-order valence-corrected chi connectivity index (χ3v) is 63.3. The first-order valence-electron chi connectivity index (χ1n) is 26.0. The summed E-state index contributed by atoms with van der Waals surface area (Å²) in [7, 11) is -20.3. The van der Waals surface area contributed by atoms with Gasteiger partial charge in [-0.15, -0.1) is 0 Å². The fourth-order valence-corrected chi connectivity index (χ4v) is 77.4. The zero-order chi connectivity index (χ0) is 52.1. The maximum atomic E-state index is 7.56. The number of hydrogen-bond donors (Lipinski definition) is 0. The first-order chi connectivity index (χ1) is 30.4. The maximum Gasteiger partial charge on any atom is 0.469 e. The van der Waals surface area contributed by atoms with Crippen LogP contribution in [0.1, 0.15) is 41.5 Å². The van der Waals surface area contributed by atoms with E-state index in [4.69, 9.17) is 50.6 Å². The van der Waals surface area contributed by atoms with Crippen molar-refractivity contribution in [1.29, 1.82) is 0 Å². The molecule has 0 aromatic rings. The molecule has 0 aliphatic carbocycles. The zero-order valence-corrected chi connectivity index (χ0v) is 65.2. The first-order valence-corrected chi connectivity index (χ1v) is 63.9. The van der Waals surface area contributed by atoms with Crippen LogP contribution >= 0.6 is 0 Å². The van der Waals surface area contributed by atoms with Crippen LogP contribution in [0.15, 0.2) is 0 Å². The van der Waals surface area contributed by atoms with Gasteiger partial charge in [0.2, 0.25) is 0 Å². The van der Waals surface area contributed by atoms with E-state index < -0.39 is 132 Å². The molecule has 0 N–H and O–H groups in total. The lowest BCUT2D eigenvalue weighted by molar-refractivity contribution is 0.245. The van der Waals surface area contributed by atoms with Gasteiger partial charge in [-0.2, -0.15) is 0 Å². The average Bonchev–Trinajstić information content (AvgIpc) is 3.11. The lowest BCUT2D eigenvalue weighted by Crippen LogP contribution is -2.62. The van der Waals surface area contributed by atoms with Crippen molar-refractivity contribution in [3.8, 4) is 0 Å². The summed E-state index contributed by atoms with van der Waals surface area (Å²) in [4.78, 5) is 0. The van der Waals surface area contributed by atoms with Crippen LogP contribution < -0.4 is 0 Å². The molecule has 0 aromatic carbocycles. The molecule has 0 radical (unpaired) electrons. The molecular formula is C42H120O12Si15. The van der Waals surface area contributed by atoms with E-state index in [-0.39, 0.29) is 14.9 Å². The van der Waals surface area contributed by atoms with Crippen LogP contribution in [0, 0.1) is 0 Å². The molecule has 0 unspecified atom stereocenters. The molecular weight excluding hydrogens is 1120 g/mol. The summed E-state index contributed by atoms with van der Waals surface area (Å²) >= 11 is 0. The summed E-state index contributed by atoms with van der Waals surface area (Å²) in [6.45, 7) is 47.2. The minimum Gasteiger partial charge on any atom is -0.437 e. The van der Waals surface area contributed by atoms with E-state index in [2.05, 4.69) is 132 Å². The second-order valence-corrected chi connectivity index (χ2v) is 76.5. The highest BCUT2D eigenvalue weighted by Crippen LogP contribution is 2.38. The molecule has 0 aromatic heterocycles. The Kier molecular flexibility index (Phi) is 37.4. The SMILES string of the molecule is C.C.CCC[Si](O[Si](C)(C)CC[SiH2]OC)(O[Si](C)(C)CC[SiH2]OC)O[Si](C)(C)CC[Si](C)(C)O[Si](C)(C)O[Si](C)(C)CC[Si](C)(C)O[Si](CCC)(O[Si](C)(C)CC[SiH2]OC)O[Si](C)(C)CC[SiH2]OC. The topological polar surface area (TPSA) is 111 Å². The lowest BCUT2D eigenvalue weighted by atomic mass is 10.6. The average molecular weight is 1240 g/mol. The van der Waals surface area contributed by atoms with E-state index in [9.17, 15) is 0 Å². The van der Waals surface area contributed by atoms with Crippen LogP contribution in [-0.2, 0) is 50.6 Å². The van der Waals surface area contributed by atoms with Gasteiger partial charge in [0.1, 0.15) is 0 Å². The quantitative estimate of drug-likeness (QED) is 0.0429. The largest absolute Gasteiger partial charge is 0.469 e. The summed E-state index contributed by atoms with van der Waals surface area (Å²) in [6, 6.07) is 14.8. The van der Waals surface area contributed by atoms with Gasteiger partial charge in [0.25, 0.3) is 0 Å². The van der Waals surface area contributed by atoms with E-state index in [0.29, 0.717) is 0 Å². The molecule has 0 atom stereocenters. The van der Waals surface area contributed by atoms with Crippen LogP contribution in [-0.4, -0.2) is 160 Å². The molecule has 69 heavy (non-hydrogen) atoms. The Morgan fingerprint density at radius 2 is 0.435 bits per heavy atom. The molecule has 0 saturated heterocycles. The molecule has 0 fully saturated rings. The fraction of sp³-hybridized carbons (Fsp3) is 1.00. The summed E-state index contributed by atoms with van der Waals surface area (Å²) in [6.07, 6.45) is 1.99. The molecule has 0 amide bonds. The molecule has 12 nitrogen and oxygen atoms in total. The Labute approximate surface area is 451 Å². The van der Waals surface area contributed by atoms with Gasteiger partial charge in [-0.3, -0.25) is 0 Å². The van der Waals surface area contributed by atoms with Crippen molar-refractivity contribution in [2.24, 2.45) is 0 Å². The van der Waals surface area contributed by atoms with Gasteiger partial charge in [0.15, 0.2) is 106 Å². The minimum absolute atomic E-state index is 0. The van der Waals surface area contributed by atoms with E-state index in [1.54, 1.807) is 0 Å². The second kappa shape index (κ2) is 33.9. The van der Waals surface area contributed by atoms with E-state index in [0.717, 1.165) is 97.5 Å². The number of rotatable bonds is 42. The number of hydrogen-bond acceptors (Lipinski definition) is 12. The molecule has 420 valence electrons. The summed E-state index contributed by atoms with van der Waals surface area (Å²) in [5.41, 5.74) is 0. The van der Waals surface area contributed by atoms with Crippen LogP contribution in [0.3, 0.4) is 0 Å². The third-order valence-electron chi connectivity index (χ3n) is 11.9. The first kappa shape index (κ1) is 76.0. The molecule has 0 aliphatic rings. The van der Waals surface area contributed by atoms with Gasteiger partial charge in [0.05, 0.1) is 0 Å². The Bertz CT molecular complexity index is 1210. The van der Waals surface area contributed by atoms with Crippen LogP contribution in [0.2, 0.25) is 202 Å². The van der Waals surface area contributed by atoms with Crippen LogP contribution in [0.4, 0.5) is 0 Å². The predicted molar refractivity (Wildman–Crippen MR) is 341 cm³/mol. The van der Waals surface area contributed by atoms with Gasteiger partial charge in [0, 0.05) is 40.5 Å². The Morgan fingerprint density at radius 1 is 0.261 bits per heavy atom. The molecule has 0 spiro atoms. The highest BCUT2D eigenvalue weighted by atomic mass is 28.5. The van der Waals surface area contributed by atoms with Crippen molar-refractivity contribution in [2.75, 3.05) is 28.4 Å². The molecule has 0 saturated carbocycles. The van der Waals surface area contributed by atoms with E-state index in [1.165, 1.54) is 0 Å². The van der Waals surface area contributed by atoms with Crippen molar-refractivity contribution in [3.05, 3.63) is 0 Å². The second-order valence-electron chi connectivity index (χ2n) is 24.5. The molecule has 0 rings (SSSR count). The maximum absolute atomic E-state index is 7.56. The smallest absolute Gasteiger partial charge is 0.437 e.